The smallest absolute Gasteiger partial charge is 0.410 e. The highest BCUT2D eigenvalue weighted by molar-refractivity contribution is 6.36. The number of carbonyl (C=O) groups is 1. The Morgan fingerprint density at radius 1 is 1.31 bits per heavy atom. The van der Waals surface area contributed by atoms with Crippen LogP contribution in [0.25, 0.3) is 0 Å². The number of amides is 1. The van der Waals surface area contributed by atoms with Crippen LogP contribution in [0.2, 0.25) is 5.02 Å². The van der Waals surface area contributed by atoms with Crippen molar-refractivity contribution in [2.45, 2.75) is 69.9 Å². The van der Waals surface area contributed by atoms with Gasteiger partial charge in [0.2, 0.25) is 0 Å². The number of alkyl halides is 3. The second-order valence-electron chi connectivity index (χ2n) is 7.80. The molecule has 0 radical (unpaired) electrons. The third-order valence-corrected chi connectivity index (χ3v) is 6.17. The maximum Gasteiger partial charge on any atom is 0.410 e. The van der Waals surface area contributed by atoms with Crippen LogP contribution < -0.4 is 5.32 Å². The number of nitrogens with zero attached hydrogens (tertiary/aromatic N) is 3. The van der Waals surface area contributed by atoms with Crippen molar-refractivity contribution in [3.8, 4) is 0 Å². The van der Waals surface area contributed by atoms with E-state index in [1.807, 2.05) is 13.8 Å². The summed E-state index contributed by atoms with van der Waals surface area (Å²) < 4.78 is 47.5. The quantitative estimate of drug-likeness (QED) is 0.711. The van der Waals surface area contributed by atoms with Crippen LogP contribution in [-0.2, 0) is 0 Å². The summed E-state index contributed by atoms with van der Waals surface area (Å²) >= 11 is 6.40. The zero-order chi connectivity index (χ0) is 20.9. The average Bonchev–Trinajstić information content (AvgIpc) is 3.28. The lowest BCUT2D eigenvalue weighted by molar-refractivity contribution is -0.174. The Kier molecular flexibility index (Phi) is 5.04. The molecule has 10 heteroatoms. The lowest BCUT2D eigenvalue weighted by Gasteiger charge is -2.38. The fourth-order valence-corrected chi connectivity index (χ4v) is 4.61. The number of halogens is 4. The fraction of sp³-hybridized carbons (Fsp3) is 0.579. The van der Waals surface area contributed by atoms with Crippen molar-refractivity contribution >= 4 is 23.3 Å². The molecule has 4 heterocycles. The number of rotatable bonds is 2. The molecule has 29 heavy (non-hydrogen) atoms. The van der Waals surface area contributed by atoms with Gasteiger partial charge in [0, 0.05) is 18.5 Å². The van der Waals surface area contributed by atoms with E-state index in [-0.39, 0.29) is 35.0 Å². The highest BCUT2D eigenvalue weighted by atomic mass is 35.5. The molecule has 0 bridgehead atoms. The minimum Gasteiger partial charge on any atom is -0.467 e. The number of carbonyl (C=O) groups excluding carboxylic acids is 1. The molecule has 6 nitrogen and oxygen atoms in total. The third-order valence-electron chi connectivity index (χ3n) is 5.81. The van der Waals surface area contributed by atoms with E-state index in [1.54, 1.807) is 17.0 Å². The minimum atomic E-state index is -4.55. The molecular weight excluding hydrogens is 409 g/mol. The zero-order valence-electron chi connectivity index (χ0n) is 16.0. The minimum absolute atomic E-state index is 0.0118. The van der Waals surface area contributed by atoms with Gasteiger partial charge in [-0.2, -0.15) is 18.3 Å². The van der Waals surface area contributed by atoms with Crippen molar-refractivity contribution in [2.75, 3.05) is 5.32 Å². The molecule has 4 atom stereocenters. The molecule has 4 rings (SSSR count). The van der Waals surface area contributed by atoms with Crippen LogP contribution in [0.15, 0.2) is 22.8 Å². The molecule has 158 valence electrons. The van der Waals surface area contributed by atoms with Gasteiger partial charge in [0.05, 0.1) is 12.3 Å². The number of aromatic nitrogens is 2. The van der Waals surface area contributed by atoms with Crippen molar-refractivity contribution in [2.24, 2.45) is 0 Å². The summed E-state index contributed by atoms with van der Waals surface area (Å²) in [5.41, 5.74) is -0.149. The van der Waals surface area contributed by atoms with Crippen LogP contribution in [0.4, 0.5) is 19.0 Å². The molecule has 2 aromatic heterocycles. The number of anilines is 1. The molecule has 0 unspecified atom stereocenters. The van der Waals surface area contributed by atoms with Crippen molar-refractivity contribution in [3.63, 3.8) is 0 Å². The van der Waals surface area contributed by atoms with E-state index in [2.05, 4.69) is 10.4 Å². The number of piperidine rings is 1. The summed E-state index contributed by atoms with van der Waals surface area (Å²) in [6.07, 6.45) is -0.783. The van der Waals surface area contributed by atoms with Gasteiger partial charge in [0.15, 0.2) is 11.7 Å². The summed E-state index contributed by atoms with van der Waals surface area (Å²) in [6.45, 7) is 3.86. The molecule has 1 amide bonds. The van der Waals surface area contributed by atoms with Gasteiger partial charge in [0.1, 0.15) is 16.6 Å². The number of hydrogen-bond acceptors (Lipinski definition) is 4. The van der Waals surface area contributed by atoms with E-state index in [0.717, 1.165) is 23.9 Å². The lowest BCUT2D eigenvalue weighted by atomic mass is 9.97. The van der Waals surface area contributed by atoms with Crippen molar-refractivity contribution in [1.29, 1.82) is 0 Å². The number of hydrogen-bond donors (Lipinski definition) is 1. The van der Waals surface area contributed by atoms with Gasteiger partial charge < -0.3 is 14.6 Å². The number of likely N-dealkylation sites (tertiary alicyclic amines) is 1. The summed E-state index contributed by atoms with van der Waals surface area (Å²) in [7, 11) is 0. The average molecular weight is 431 g/mol. The Labute approximate surface area is 171 Å². The molecule has 1 fully saturated rings. The van der Waals surface area contributed by atoms with Crippen LogP contribution >= 0.6 is 11.6 Å². The lowest BCUT2D eigenvalue weighted by Crippen LogP contribution is -2.47. The normalized spacial score (nSPS) is 27.4. The first kappa shape index (κ1) is 20.1. The van der Waals surface area contributed by atoms with Crippen LogP contribution in [0, 0.1) is 0 Å². The van der Waals surface area contributed by atoms with Crippen molar-refractivity contribution in [3.05, 3.63) is 34.9 Å². The highest BCUT2D eigenvalue weighted by Gasteiger charge is 2.48. The summed E-state index contributed by atoms with van der Waals surface area (Å²) in [6, 6.07) is 0.528. The summed E-state index contributed by atoms with van der Waals surface area (Å²) in [4.78, 5) is 14.8. The SMILES string of the molecule is C[C@@H]1CCC[C@@H](C)N1C(=O)c1nn2c(c1Cl)N[C@H](c1ccco1)C[C@@H]2C(F)(F)F. The predicted molar refractivity (Wildman–Crippen MR) is 101 cm³/mol. The van der Waals surface area contributed by atoms with Crippen LogP contribution in [0.5, 0.6) is 0 Å². The monoisotopic (exact) mass is 430 g/mol. The van der Waals surface area contributed by atoms with Crippen LogP contribution in [0.3, 0.4) is 0 Å². The van der Waals surface area contributed by atoms with Crippen LogP contribution in [-0.4, -0.2) is 38.8 Å². The maximum absolute atomic E-state index is 13.8. The molecular formula is C19H22ClF3N4O2. The van der Waals surface area contributed by atoms with Gasteiger partial charge in [-0.15, -0.1) is 0 Å². The number of furan rings is 1. The fourth-order valence-electron chi connectivity index (χ4n) is 4.35. The first-order chi connectivity index (χ1) is 13.7. The second-order valence-corrected chi connectivity index (χ2v) is 8.18. The van der Waals surface area contributed by atoms with Crippen molar-refractivity contribution < 1.29 is 22.4 Å². The number of fused-ring (bicyclic) bond motifs is 1. The standard InChI is InChI=1S/C19H22ClF3N4O2/c1-10-5-3-6-11(2)26(10)18(28)16-15(20)17-24-12(13-7-4-8-29-13)9-14(19(21,22)23)27(17)25-16/h4,7-8,10-12,14,24H,3,5-6,9H2,1-2H3/t10-,11-,12+,14-/m1/s1. The van der Waals surface area contributed by atoms with Gasteiger partial charge in [-0.3, -0.25) is 4.79 Å². The van der Waals surface area contributed by atoms with Gasteiger partial charge in [-0.1, -0.05) is 11.6 Å². The molecule has 2 aliphatic heterocycles. The predicted octanol–water partition coefficient (Wildman–Crippen LogP) is 5.19. The second kappa shape index (κ2) is 7.27. The van der Waals surface area contributed by atoms with Gasteiger partial charge >= 0.3 is 6.18 Å². The highest BCUT2D eigenvalue weighted by Crippen LogP contribution is 2.46. The Morgan fingerprint density at radius 3 is 2.59 bits per heavy atom. The third kappa shape index (κ3) is 3.49. The molecule has 0 aliphatic carbocycles. The number of nitrogens with one attached hydrogen (secondary N) is 1. The Balaban J connectivity index is 1.74. The van der Waals surface area contributed by atoms with Gasteiger partial charge in [0.25, 0.3) is 5.91 Å². The van der Waals surface area contributed by atoms with E-state index in [4.69, 9.17) is 16.0 Å². The van der Waals surface area contributed by atoms with Gasteiger partial charge in [-0.25, -0.2) is 4.68 Å². The van der Waals surface area contributed by atoms with E-state index in [1.165, 1.54) is 6.26 Å². The topological polar surface area (TPSA) is 63.3 Å². The Hall–Kier alpha value is -2.16. The van der Waals surface area contributed by atoms with E-state index in [9.17, 15) is 18.0 Å². The first-order valence-electron chi connectivity index (χ1n) is 9.65. The van der Waals surface area contributed by atoms with Crippen molar-refractivity contribution in [1.82, 2.24) is 14.7 Å². The molecule has 0 saturated carbocycles. The molecule has 2 aromatic rings. The zero-order valence-corrected chi connectivity index (χ0v) is 16.8. The molecule has 0 aromatic carbocycles. The molecule has 2 aliphatic rings. The first-order valence-corrected chi connectivity index (χ1v) is 10.0. The van der Waals surface area contributed by atoms with E-state index in [0.29, 0.717) is 5.76 Å². The largest absolute Gasteiger partial charge is 0.467 e. The molecule has 1 saturated heterocycles. The Bertz CT molecular complexity index is 886. The maximum atomic E-state index is 13.8. The van der Waals surface area contributed by atoms with E-state index < -0.39 is 24.2 Å². The summed E-state index contributed by atoms with van der Waals surface area (Å²) in [5.74, 6) is -0.0786. The summed E-state index contributed by atoms with van der Waals surface area (Å²) in [5, 5.41) is 6.92. The van der Waals surface area contributed by atoms with Crippen LogP contribution in [0.1, 0.15) is 67.9 Å². The van der Waals surface area contributed by atoms with E-state index >= 15 is 0 Å². The molecule has 1 N–H and O–H groups in total. The molecule has 0 spiro atoms. The Morgan fingerprint density at radius 2 is 2.00 bits per heavy atom. The van der Waals surface area contributed by atoms with Gasteiger partial charge in [-0.05, 0) is 45.2 Å².